The van der Waals surface area contributed by atoms with Crippen LogP contribution in [0.2, 0.25) is 10.0 Å². The van der Waals surface area contributed by atoms with Gasteiger partial charge in [-0.15, -0.1) is 0 Å². The third-order valence-electron chi connectivity index (χ3n) is 6.95. The summed E-state index contributed by atoms with van der Waals surface area (Å²) in [5.74, 6) is 1.18. The van der Waals surface area contributed by atoms with Crippen molar-refractivity contribution in [3.8, 4) is 17.2 Å². The van der Waals surface area contributed by atoms with Crippen LogP contribution in [0.4, 0.5) is 0 Å². The zero-order chi connectivity index (χ0) is 32.2. The molecule has 1 atom stereocenters. The van der Waals surface area contributed by atoms with Crippen LogP contribution >= 0.6 is 34.5 Å². The Bertz CT molecular complexity index is 1950. The molecule has 234 valence electrons. The molecule has 8 nitrogen and oxygen atoms in total. The van der Waals surface area contributed by atoms with Crippen LogP contribution in [0.1, 0.15) is 50.4 Å². The van der Waals surface area contributed by atoms with Gasteiger partial charge in [0.05, 0.1) is 51.7 Å². The molecule has 4 aromatic rings. The van der Waals surface area contributed by atoms with E-state index < -0.39 is 12.0 Å². The lowest BCUT2D eigenvalue weighted by Gasteiger charge is -2.25. The first-order valence-electron chi connectivity index (χ1n) is 14.3. The zero-order valence-electron chi connectivity index (χ0n) is 25.4. The van der Waals surface area contributed by atoms with E-state index in [2.05, 4.69) is 4.99 Å². The molecule has 0 unspecified atom stereocenters. The smallest absolute Gasteiger partial charge is 0.338 e. The van der Waals surface area contributed by atoms with E-state index in [-0.39, 0.29) is 18.3 Å². The lowest BCUT2D eigenvalue weighted by molar-refractivity contribution is -0.139. The Balaban J connectivity index is 1.51. The number of halogens is 2. The monoisotopic (exact) mass is 666 g/mol. The summed E-state index contributed by atoms with van der Waals surface area (Å²) in [6, 6.07) is 17.4. The minimum Gasteiger partial charge on any atom is -0.493 e. The molecular formula is C34H32Cl2N2O6S. The number of ether oxygens (including phenoxy) is 4. The maximum atomic E-state index is 14.0. The second-order valence-corrected chi connectivity index (χ2v) is 12.3. The fourth-order valence-electron chi connectivity index (χ4n) is 4.92. The highest BCUT2D eigenvalue weighted by Gasteiger charge is 2.34. The number of carbonyl (C=O) groups is 1. The first-order chi connectivity index (χ1) is 21.6. The summed E-state index contributed by atoms with van der Waals surface area (Å²) in [7, 11) is 1.55. The molecule has 3 aromatic carbocycles. The number of aromatic nitrogens is 1. The largest absolute Gasteiger partial charge is 0.493 e. The number of nitrogens with zero attached hydrogens (tertiary/aromatic N) is 2. The molecule has 0 spiro atoms. The molecule has 11 heteroatoms. The van der Waals surface area contributed by atoms with E-state index in [1.165, 1.54) is 11.3 Å². The van der Waals surface area contributed by atoms with E-state index in [9.17, 15) is 9.59 Å². The summed E-state index contributed by atoms with van der Waals surface area (Å²) in [5.41, 5.74) is 2.85. The third-order valence-corrected chi connectivity index (χ3v) is 8.67. The van der Waals surface area contributed by atoms with Crippen molar-refractivity contribution in [2.45, 2.75) is 46.4 Å². The number of methoxy groups -OCH3 is 1. The minimum absolute atomic E-state index is 0.0668. The summed E-state index contributed by atoms with van der Waals surface area (Å²) in [4.78, 5) is 32.4. The predicted molar refractivity (Wildman–Crippen MR) is 176 cm³/mol. The standard InChI is InChI=1S/C34H32Cl2N2O6S/c1-6-42-33(40)30-20(4)37-34-38(31(30)23-10-14-27(44-19(2)3)28(17-23)41-5)32(39)29(45-34)16-21-7-11-24(12-8-21)43-18-22-9-13-25(35)26(36)15-22/h7-17,19,31H,6,18H2,1-5H3/b29-16-/t31-/m0/s1. The topological polar surface area (TPSA) is 88.4 Å². The van der Waals surface area contributed by atoms with Gasteiger partial charge in [-0.25, -0.2) is 9.79 Å². The third kappa shape index (κ3) is 7.11. The lowest BCUT2D eigenvalue weighted by Crippen LogP contribution is -2.40. The van der Waals surface area contributed by atoms with E-state index in [1.807, 2.05) is 50.2 Å². The van der Waals surface area contributed by atoms with Crippen LogP contribution in [0.5, 0.6) is 17.2 Å². The molecular weight excluding hydrogens is 635 g/mol. The maximum absolute atomic E-state index is 14.0. The quantitative estimate of drug-likeness (QED) is 0.180. The van der Waals surface area contributed by atoms with Crippen LogP contribution < -0.4 is 29.1 Å². The molecule has 1 aromatic heterocycles. The molecule has 5 rings (SSSR count). The average Bonchev–Trinajstić information content (AvgIpc) is 3.31. The summed E-state index contributed by atoms with van der Waals surface area (Å²) in [6.45, 7) is 7.85. The first kappa shape index (κ1) is 32.3. The van der Waals surface area contributed by atoms with Crippen LogP contribution in [0.3, 0.4) is 0 Å². The van der Waals surface area contributed by atoms with Crippen molar-refractivity contribution in [1.29, 1.82) is 0 Å². The van der Waals surface area contributed by atoms with Gasteiger partial charge in [-0.1, -0.05) is 58.8 Å². The summed E-state index contributed by atoms with van der Waals surface area (Å²) >= 11 is 13.4. The van der Waals surface area contributed by atoms with Gasteiger partial charge < -0.3 is 18.9 Å². The van der Waals surface area contributed by atoms with Gasteiger partial charge in [0, 0.05) is 0 Å². The molecule has 0 saturated heterocycles. The average molecular weight is 668 g/mol. The van der Waals surface area contributed by atoms with E-state index in [0.29, 0.717) is 60.1 Å². The van der Waals surface area contributed by atoms with Crippen LogP contribution in [-0.2, 0) is 16.1 Å². The lowest BCUT2D eigenvalue weighted by atomic mass is 9.95. The van der Waals surface area contributed by atoms with Crippen molar-refractivity contribution >= 4 is 46.6 Å². The highest BCUT2D eigenvalue weighted by molar-refractivity contribution is 7.07. The summed E-state index contributed by atoms with van der Waals surface area (Å²) in [6.07, 6.45) is 1.73. The molecule has 0 amide bonds. The fraction of sp³-hybridized carbons (Fsp3) is 0.265. The molecule has 0 aliphatic carbocycles. The number of benzene rings is 3. The molecule has 2 heterocycles. The van der Waals surface area contributed by atoms with Crippen LogP contribution in [-0.4, -0.2) is 30.4 Å². The Morgan fingerprint density at radius 3 is 2.47 bits per heavy atom. The van der Waals surface area contributed by atoms with Crippen LogP contribution in [0, 0.1) is 0 Å². The van der Waals surface area contributed by atoms with Gasteiger partial charge in [0.25, 0.3) is 5.56 Å². The Morgan fingerprint density at radius 1 is 1.04 bits per heavy atom. The summed E-state index contributed by atoms with van der Waals surface area (Å²) in [5, 5.41) is 0.959. The van der Waals surface area contributed by atoms with Crippen molar-refractivity contribution in [3.63, 3.8) is 0 Å². The zero-order valence-corrected chi connectivity index (χ0v) is 27.8. The van der Waals surface area contributed by atoms with Gasteiger partial charge in [-0.3, -0.25) is 9.36 Å². The second kappa shape index (κ2) is 13.9. The van der Waals surface area contributed by atoms with Crippen molar-refractivity contribution in [1.82, 2.24) is 4.57 Å². The Kier molecular flexibility index (Phi) is 10.0. The van der Waals surface area contributed by atoms with E-state index in [4.69, 9.17) is 42.1 Å². The number of fused-ring (bicyclic) bond motifs is 1. The van der Waals surface area contributed by atoms with Crippen molar-refractivity contribution in [2.24, 2.45) is 4.99 Å². The number of hydrogen-bond donors (Lipinski definition) is 0. The highest BCUT2D eigenvalue weighted by Crippen LogP contribution is 2.36. The number of thiazole rings is 1. The van der Waals surface area contributed by atoms with Crippen molar-refractivity contribution in [2.75, 3.05) is 13.7 Å². The van der Waals surface area contributed by atoms with Gasteiger partial charge in [-0.05, 0) is 86.9 Å². The van der Waals surface area contributed by atoms with Gasteiger partial charge in [0.15, 0.2) is 16.3 Å². The van der Waals surface area contributed by atoms with Crippen LogP contribution in [0.15, 0.2) is 81.7 Å². The Morgan fingerprint density at radius 2 is 1.80 bits per heavy atom. The summed E-state index contributed by atoms with van der Waals surface area (Å²) < 4.78 is 24.8. The Labute approximate surface area is 274 Å². The highest BCUT2D eigenvalue weighted by atomic mass is 35.5. The predicted octanol–water partition coefficient (Wildman–Crippen LogP) is 6.48. The Hall–Kier alpha value is -4.05. The maximum Gasteiger partial charge on any atom is 0.338 e. The number of hydrogen-bond acceptors (Lipinski definition) is 8. The van der Waals surface area contributed by atoms with E-state index in [0.717, 1.165) is 11.1 Å². The number of esters is 1. The minimum atomic E-state index is -0.776. The molecule has 0 fully saturated rings. The van der Waals surface area contributed by atoms with Crippen molar-refractivity contribution in [3.05, 3.63) is 118 Å². The number of allylic oxidation sites excluding steroid dienone is 1. The van der Waals surface area contributed by atoms with E-state index in [1.54, 1.807) is 55.9 Å². The molecule has 0 bridgehead atoms. The van der Waals surface area contributed by atoms with Gasteiger partial charge in [0.2, 0.25) is 0 Å². The van der Waals surface area contributed by atoms with Crippen LogP contribution in [0.25, 0.3) is 6.08 Å². The second-order valence-electron chi connectivity index (χ2n) is 10.5. The number of carbonyl (C=O) groups excluding carboxylic acids is 1. The normalized spacial score (nSPS) is 14.7. The molecule has 0 N–H and O–H groups in total. The molecule has 0 radical (unpaired) electrons. The molecule has 1 aliphatic rings. The van der Waals surface area contributed by atoms with Gasteiger partial charge >= 0.3 is 5.97 Å². The van der Waals surface area contributed by atoms with Crippen molar-refractivity contribution < 1.29 is 23.7 Å². The molecule has 1 aliphatic heterocycles. The first-order valence-corrected chi connectivity index (χ1v) is 15.9. The molecule has 0 saturated carbocycles. The number of rotatable bonds is 10. The fourth-order valence-corrected chi connectivity index (χ4v) is 6.29. The molecule has 45 heavy (non-hydrogen) atoms. The van der Waals surface area contributed by atoms with Gasteiger partial charge in [-0.2, -0.15) is 0 Å². The SMILES string of the molecule is CCOC(=O)C1=C(C)N=c2s/c(=C\c3ccc(OCc4ccc(Cl)c(Cl)c4)cc3)c(=O)n2[C@H]1c1ccc(OC(C)C)c(OC)c1. The van der Waals surface area contributed by atoms with Gasteiger partial charge in [0.1, 0.15) is 12.4 Å². The van der Waals surface area contributed by atoms with E-state index >= 15 is 0 Å².